The fourth-order valence-electron chi connectivity index (χ4n) is 3.45. The van der Waals surface area contributed by atoms with Crippen LogP contribution in [0.15, 0.2) is 75.4 Å². The third-order valence-electron chi connectivity index (χ3n) is 5.08. The number of amides is 1. The topological polar surface area (TPSA) is 64.0 Å². The lowest BCUT2D eigenvalue weighted by molar-refractivity contribution is 0.0938. The van der Waals surface area contributed by atoms with Crippen LogP contribution in [-0.2, 0) is 0 Å². The van der Waals surface area contributed by atoms with Gasteiger partial charge >= 0.3 is 0 Å². The summed E-state index contributed by atoms with van der Waals surface area (Å²) < 4.78 is 1.37. The molecule has 4 rings (SSSR count). The highest BCUT2D eigenvalue weighted by atomic mass is 32.2. The van der Waals surface area contributed by atoms with Crippen molar-refractivity contribution in [1.82, 2.24) is 15.1 Å². The molecule has 1 fully saturated rings. The van der Waals surface area contributed by atoms with Gasteiger partial charge in [-0.15, -0.1) is 0 Å². The monoisotopic (exact) mass is 405 g/mol. The molecule has 5 nitrogen and oxygen atoms in total. The molecule has 29 heavy (non-hydrogen) atoms. The number of aryl methyl sites for hydroxylation is 1. The van der Waals surface area contributed by atoms with Crippen LogP contribution in [0, 0.1) is 6.92 Å². The Kier molecular flexibility index (Phi) is 5.81. The summed E-state index contributed by atoms with van der Waals surface area (Å²) in [6.45, 7) is 2.05. The van der Waals surface area contributed by atoms with Crippen LogP contribution in [0.3, 0.4) is 0 Å². The molecule has 0 unspecified atom stereocenters. The molecule has 3 aromatic rings. The molecule has 148 valence electrons. The van der Waals surface area contributed by atoms with Gasteiger partial charge in [-0.1, -0.05) is 42.3 Å². The number of hydrogen-bond acceptors (Lipinski definition) is 4. The lowest BCUT2D eigenvalue weighted by atomic mass is 10.1. The van der Waals surface area contributed by atoms with Crippen molar-refractivity contribution in [2.24, 2.45) is 0 Å². The van der Waals surface area contributed by atoms with Gasteiger partial charge in [0.05, 0.1) is 5.69 Å². The second kappa shape index (κ2) is 8.66. The summed E-state index contributed by atoms with van der Waals surface area (Å²) in [5.41, 5.74) is 2.23. The Hall–Kier alpha value is -2.86. The van der Waals surface area contributed by atoms with Crippen LogP contribution in [-0.4, -0.2) is 21.7 Å². The molecule has 2 aromatic carbocycles. The summed E-state index contributed by atoms with van der Waals surface area (Å²) >= 11 is 1.50. The molecule has 0 bridgehead atoms. The van der Waals surface area contributed by atoms with Gasteiger partial charge in [0, 0.05) is 22.6 Å². The summed E-state index contributed by atoms with van der Waals surface area (Å²) in [5.74, 6) is -0.0626. The number of hydrogen-bond donors (Lipinski definition) is 1. The van der Waals surface area contributed by atoms with E-state index in [0.29, 0.717) is 11.3 Å². The number of carbonyl (C=O) groups excluding carboxylic acids is 1. The lowest BCUT2D eigenvalue weighted by Gasteiger charge is -2.12. The zero-order valence-corrected chi connectivity index (χ0v) is 17.1. The Labute approximate surface area is 174 Å². The minimum Gasteiger partial charge on any atom is -0.349 e. The Morgan fingerprint density at radius 1 is 1.00 bits per heavy atom. The van der Waals surface area contributed by atoms with E-state index in [4.69, 9.17) is 0 Å². The third kappa shape index (κ3) is 4.77. The summed E-state index contributed by atoms with van der Waals surface area (Å²) in [6.07, 6.45) is 4.45. The molecule has 0 spiro atoms. The van der Waals surface area contributed by atoms with Crippen LogP contribution in [0.2, 0.25) is 0 Å². The Bertz CT molecular complexity index is 1050. The normalized spacial score (nSPS) is 14.1. The lowest BCUT2D eigenvalue weighted by Crippen LogP contribution is -2.32. The van der Waals surface area contributed by atoms with Crippen LogP contribution in [0.25, 0.3) is 5.69 Å². The van der Waals surface area contributed by atoms with Gasteiger partial charge < -0.3 is 5.32 Å². The molecule has 1 N–H and O–H groups in total. The zero-order chi connectivity index (χ0) is 20.2. The molecule has 6 heteroatoms. The summed E-state index contributed by atoms with van der Waals surface area (Å²) in [7, 11) is 0. The maximum atomic E-state index is 12.4. The van der Waals surface area contributed by atoms with Crippen LogP contribution < -0.4 is 10.9 Å². The minimum atomic E-state index is -0.207. The third-order valence-corrected chi connectivity index (χ3v) is 6.02. The van der Waals surface area contributed by atoms with Crippen molar-refractivity contribution < 1.29 is 4.79 Å². The number of rotatable bonds is 5. The maximum Gasteiger partial charge on any atom is 0.271 e. The van der Waals surface area contributed by atoms with Crippen LogP contribution >= 0.6 is 11.8 Å². The molecule has 0 atom stereocenters. The molecular weight excluding hydrogens is 382 g/mol. The first kappa shape index (κ1) is 19.5. The van der Waals surface area contributed by atoms with E-state index in [1.165, 1.54) is 40.9 Å². The molecule has 1 aliphatic carbocycles. The van der Waals surface area contributed by atoms with E-state index in [1.54, 1.807) is 30.3 Å². The van der Waals surface area contributed by atoms with E-state index in [9.17, 15) is 9.59 Å². The van der Waals surface area contributed by atoms with Crippen molar-refractivity contribution in [1.29, 1.82) is 0 Å². The van der Waals surface area contributed by atoms with Gasteiger partial charge in [0.1, 0.15) is 5.03 Å². The first-order valence-corrected chi connectivity index (χ1v) is 10.7. The first-order valence-electron chi connectivity index (χ1n) is 9.85. The zero-order valence-electron chi connectivity index (χ0n) is 16.3. The molecule has 1 aliphatic rings. The highest BCUT2D eigenvalue weighted by Gasteiger charge is 2.18. The van der Waals surface area contributed by atoms with Gasteiger partial charge in [-0.3, -0.25) is 9.59 Å². The molecule has 0 saturated heterocycles. The Morgan fingerprint density at radius 3 is 2.38 bits per heavy atom. The van der Waals surface area contributed by atoms with E-state index >= 15 is 0 Å². The molecule has 0 aliphatic heterocycles. The number of nitrogens with zero attached hydrogens (tertiary/aromatic N) is 2. The van der Waals surface area contributed by atoms with E-state index in [0.717, 1.165) is 22.8 Å². The standard InChI is InChI=1S/C23H23N3O2S/c1-16-6-12-20(13-7-16)29-21-14-15-22(27)26(25-21)19-10-8-17(9-11-19)23(28)24-18-4-2-3-5-18/h6-15,18H,2-5H2,1H3,(H,24,28). The van der Waals surface area contributed by atoms with Crippen molar-refractivity contribution in [2.75, 3.05) is 0 Å². The Balaban J connectivity index is 1.52. The van der Waals surface area contributed by atoms with Gasteiger partial charge in [-0.05, 0) is 62.2 Å². The Morgan fingerprint density at radius 2 is 1.69 bits per heavy atom. The van der Waals surface area contributed by atoms with Crippen molar-refractivity contribution in [3.8, 4) is 5.69 Å². The maximum absolute atomic E-state index is 12.4. The largest absolute Gasteiger partial charge is 0.349 e. The molecule has 1 heterocycles. The van der Waals surface area contributed by atoms with Gasteiger partial charge in [0.25, 0.3) is 11.5 Å². The van der Waals surface area contributed by atoms with Crippen molar-refractivity contribution in [3.63, 3.8) is 0 Å². The van der Waals surface area contributed by atoms with Crippen molar-refractivity contribution in [2.45, 2.75) is 48.6 Å². The smallest absolute Gasteiger partial charge is 0.271 e. The van der Waals surface area contributed by atoms with Gasteiger partial charge in [-0.25, -0.2) is 0 Å². The first-order chi connectivity index (χ1) is 14.1. The SMILES string of the molecule is Cc1ccc(Sc2ccc(=O)n(-c3ccc(C(=O)NC4CCCC4)cc3)n2)cc1. The van der Waals surface area contributed by atoms with Crippen molar-refractivity contribution in [3.05, 3.63) is 82.1 Å². The average molecular weight is 406 g/mol. The summed E-state index contributed by atoms with van der Waals surface area (Å²) in [6, 6.07) is 18.7. The van der Waals surface area contributed by atoms with E-state index < -0.39 is 0 Å². The second-order valence-corrected chi connectivity index (χ2v) is 8.43. The number of nitrogens with one attached hydrogen (secondary N) is 1. The highest BCUT2D eigenvalue weighted by molar-refractivity contribution is 7.99. The quantitative estimate of drug-likeness (QED) is 0.685. The highest BCUT2D eigenvalue weighted by Crippen LogP contribution is 2.25. The summed E-state index contributed by atoms with van der Waals surface area (Å²) in [5, 5.41) is 8.30. The van der Waals surface area contributed by atoms with E-state index in [-0.39, 0.29) is 17.5 Å². The van der Waals surface area contributed by atoms with Crippen molar-refractivity contribution >= 4 is 17.7 Å². The van der Waals surface area contributed by atoms with Crippen LogP contribution in [0.1, 0.15) is 41.6 Å². The number of aromatic nitrogens is 2. The van der Waals surface area contributed by atoms with Crippen LogP contribution in [0.4, 0.5) is 0 Å². The fraction of sp³-hybridized carbons (Fsp3) is 0.261. The molecule has 0 radical (unpaired) electrons. The molecule has 1 saturated carbocycles. The number of benzene rings is 2. The van der Waals surface area contributed by atoms with Gasteiger partial charge in [-0.2, -0.15) is 9.78 Å². The van der Waals surface area contributed by atoms with E-state index in [1.807, 2.05) is 31.2 Å². The van der Waals surface area contributed by atoms with Gasteiger partial charge in [0.2, 0.25) is 0 Å². The fourth-order valence-corrected chi connectivity index (χ4v) is 4.23. The van der Waals surface area contributed by atoms with E-state index in [2.05, 4.69) is 10.4 Å². The molecular formula is C23H23N3O2S. The van der Waals surface area contributed by atoms with Gasteiger partial charge in [0.15, 0.2) is 0 Å². The average Bonchev–Trinajstić information content (AvgIpc) is 3.24. The summed E-state index contributed by atoms with van der Waals surface area (Å²) in [4.78, 5) is 25.8. The number of carbonyl (C=O) groups is 1. The van der Waals surface area contributed by atoms with Crippen LogP contribution in [0.5, 0.6) is 0 Å². The second-order valence-electron chi connectivity index (χ2n) is 7.34. The molecule has 1 amide bonds. The predicted molar refractivity (Wildman–Crippen MR) is 115 cm³/mol. The predicted octanol–water partition coefficient (Wildman–Crippen LogP) is 4.36. The minimum absolute atomic E-state index is 0.0626. The molecule has 1 aromatic heterocycles.